The Labute approximate surface area is 210 Å². The molecule has 1 heterocycles. The minimum atomic E-state index is -0.418. The largest absolute Gasteiger partial charge is 0.492 e. The number of para-hydroxylation sites is 1. The highest BCUT2D eigenvalue weighted by atomic mass is 35.5. The van der Waals surface area contributed by atoms with Gasteiger partial charge in [-0.2, -0.15) is 0 Å². The Morgan fingerprint density at radius 3 is 2.32 bits per heavy atom. The minimum absolute atomic E-state index is 0.0462. The van der Waals surface area contributed by atoms with E-state index in [1.807, 2.05) is 18.2 Å². The Morgan fingerprint density at radius 2 is 1.62 bits per heavy atom. The van der Waals surface area contributed by atoms with Crippen molar-refractivity contribution in [2.75, 3.05) is 13.2 Å². The average Bonchev–Trinajstić information content (AvgIpc) is 3.07. The van der Waals surface area contributed by atoms with Gasteiger partial charge in [-0.3, -0.25) is 14.5 Å². The number of ether oxygens (including phenoxy) is 2. The summed E-state index contributed by atoms with van der Waals surface area (Å²) in [7, 11) is 0. The van der Waals surface area contributed by atoms with Crippen LogP contribution in [0.1, 0.15) is 11.1 Å². The number of hydrogen-bond donors (Lipinski definition) is 0. The van der Waals surface area contributed by atoms with Gasteiger partial charge in [0.25, 0.3) is 11.1 Å². The summed E-state index contributed by atoms with van der Waals surface area (Å²) in [5.74, 6) is 0.0524. The summed E-state index contributed by atoms with van der Waals surface area (Å²) >= 11 is 13.5. The normalized spacial score (nSPS) is 14.7. The number of carbonyl (C=O) groups excluding carboxylic acids is 2. The van der Waals surface area contributed by atoms with Crippen molar-refractivity contribution in [3.05, 3.63) is 98.6 Å². The van der Waals surface area contributed by atoms with E-state index in [9.17, 15) is 14.0 Å². The zero-order valence-corrected chi connectivity index (χ0v) is 20.0. The summed E-state index contributed by atoms with van der Waals surface area (Å²) in [6.45, 7) is 0.262. The summed E-state index contributed by atoms with van der Waals surface area (Å²) < 4.78 is 25.0. The maximum absolute atomic E-state index is 13.8. The number of thioether (sulfide) groups is 1. The molecule has 1 fully saturated rings. The Kier molecular flexibility index (Phi) is 7.77. The molecule has 3 aromatic carbocycles. The predicted molar refractivity (Wildman–Crippen MR) is 132 cm³/mol. The molecule has 34 heavy (non-hydrogen) atoms. The van der Waals surface area contributed by atoms with Crippen LogP contribution in [0.15, 0.2) is 71.6 Å². The zero-order chi connectivity index (χ0) is 24.1. The van der Waals surface area contributed by atoms with Gasteiger partial charge in [0.2, 0.25) is 0 Å². The molecule has 0 saturated carbocycles. The molecular formula is C25H18Cl2FNO4S. The summed E-state index contributed by atoms with van der Waals surface area (Å²) in [6, 6.07) is 18.5. The second-order valence-electron chi connectivity index (χ2n) is 7.19. The summed E-state index contributed by atoms with van der Waals surface area (Å²) in [5.41, 5.74) is 0.892. The molecule has 174 valence electrons. The van der Waals surface area contributed by atoms with Gasteiger partial charge >= 0.3 is 0 Å². The van der Waals surface area contributed by atoms with Gasteiger partial charge in [-0.15, -0.1) is 0 Å². The molecule has 0 aliphatic carbocycles. The van der Waals surface area contributed by atoms with Crippen LogP contribution in [-0.4, -0.2) is 29.2 Å². The number of halogens is 3. The van der Waals surface area contributed by atoms with Gasteiger partial charge in [0, 0.05) is 5.56 Å². The van der Waals surface area contributed by atoms with E-state index in [0.717, 1.165) is 16.7 Å². The Hall–Kier alpha value is -3.00. The van der Waals surface area contributed by atoms with Gasteiger partial charge in [0.05, 0.1) is 21.5 Å². The topological polar surface area (TPSA) is 55.8 Å². The second-order valence-corrected chi connectivity index (χ2v) is 9.00. The van der Waals surface area contributed by atoms with Gasteiger partial charge in [-0.25, -0.2) is 4.39 Å². The monoisotopic (exact) mass is 517 g/mol. The first kappa shape index (κ1) is 24.1. The molecule has 9 heteroatoms. The molecule has 0 atom stereocenters. The lowest BCUT2D eigenvalue weighted by Gasteiger charge is -2.13. The molecule has 1 aliphatic heterocycles. The number of benzene rings is 3. The fraction of sp³-hybridized carbons (Fsp3) is 0.120. The van der Waals surface area contributed by atoms with Crippen molar-refractivity contribution in [2.24, 2.45) is 0 Å². The lowest BCUT2D eigenvalue weighted by atomic mass is 10.2. The van der Waals surface area contributed by atoms with Gasteiger partial charge in [-0.05, 0) is 53.7 Å². The van der Waals surface area contributed by atoms with E-state index in [1.54, 1.807) is 48.5 Å². The van der Waals surface area contributed by atoms with Gasteiger partial charge in [-0.1, -0.05) is 59.6 Å². The molecular weight excluding hydrogens is 500 g/mol. The third-order valence-electron chi connectivity index (χ3n) is 4.85. The molecule has 0 aromatic heterocycles. The van der Waals surface area contributed by atoms with Gasteiger partial charge < -0.3 is 9.47 Å². The van der Waals surface area contributed by atoms with E-state index in [1.165, 1.54) is 6.07 Å². The van der Waals surface area contributed by atoms with E-state index in [4.69, 9.17) is 32.7 Å². The number of amides is 2. The van der Waals surface area contributed by atoms with Crippen LogP contribution in [0.5, 0.6) is 11.5 Å². The maximum Gasteiger partial charge on any atom is 0.293 e. The van der Waals surface area contributed by atoms with Crippen molar-refractivity contribution in [1.82, 2.24) is 4.90 Å². The summed E-state index contributed by atoms with van der Waals surface area (Å²) in [4.78, 5) is 26.4. The van der Waals surface area contributed by atoms with Gasteiger partial charge in [0.1, 0.15) is 24.8 Å². The van der Waals surface area contributed by atoms with Crippen molar-refractivity contribution in [3.63, 3.8) is 0 Å². The second kappa shape index (κ2) is 11.0. The highest BCUT2D eigenvalue weighted by Crippen LogP contribution is 2.37. The molecule has 1 saturated heterocycles. The first-order chi connectivity index (χ1) is 16.4. The fourth-order valence-electron chi connectivity index (χ4n) is 3.18. The van der Waals surface area contributed by atoms with Crippen LogP contribution >= 0.6 is 35.0 Å². The lowest BCUT2D eigenvalue weighted by Crippen LogP contribution is -2.32. The Bertz CT molecular complexity index is 1230. The molecule has 0 spiro atoms. The maximum atomic E-state index is 13.8. The van der Waals surface area contributed by atoms with Crippen molar-refractivity contribution in [3.8, 4) is 11.5 Å². The van der Waals surface area contributed by atoms with Crippen molar-refractivity contribution in [1.29, 1.82) is 0 Å². The van der Waals surface area contributed by atoms with Crippen LogP contribution < -0.4 is 9.47 Å². The zero-order valence-electron chi connectivity index (χ0n) is 17.7. The molecule has 5 nitrogen and oxygen atoms in total. The first-order valence-corrected chi connectivity index (χ1v) is 11.8. The third kappa shape index (κ3) is 5.73. The number of imide groups is 1. The van der Waals surface area contributed by atoms with Crippen LogP contribution in [0.3, 0.4) is 0 Å². The molecule has 2 amide bonds. The molecule has 1 aliphatic rings. The average molecular weight is 518 g/mol. The summed E-state index contributed by atoms with van der Waals surface area (Å²) in [5, 5.41) is 0.0195. The lowest BCUT2D eigenvalue weighted by molar-refractivity contribution is -0.123. The van der Waals surface area contributed by atoms with Crippen molar-refractivity contribution >= 4 is 52.2 Å². The number of hydrogen-bond acceptors (Lipinski definition) is 5. The Morgan fingerprint density at radius 1 is 0.941 bits per heavy atom. The van der Waals surface area contributed by atoms with Gasteiger partial charge in [0.15, 0.2) is 5.75 Å². The predicted octanol–water partition coefficient (Wildman–Crippen LogP) is 6.83. The molecule has 0 N–H and O–H groups in total. The standard InChI is InChI=1S/C25H18Cl2FNO4S/c26-19-12-16(13-20(27)23(19)33-15-17-6-4-5-9-21(17)28)14-22-24(30)29(25(31)34-22)10-11-32-18-7-2-1-3-8-18/h1-9,12-14H,10-11,15H2/b22-14-. The van der Waals surface area contributed by atoms with Crippen LogP contribution in [0.2, 0.25) is 10.0 Å². The van der Waals surface area contributed by atoms with E-state index >= 15 is 0 Å². The summed E-state index contributed by atoms with van der Waals surface area (Å²) in [6.07, 6.45) is 1.54. The highest BCUT2D eigenvalue weighted by Gasteiger charge is 2.34. The van der Waals surface area contributed by atoms with Crippen LogP contribution in [-0.2, 0) is 11.4 Å². The minimum Gasteiger partial charge on any atom is -0.492 e. The first-order valence-electron chi connectivity index (χ1n) is 10.2. The molecule has 3 aromatic rings. The molecule has 0 radical (unpaired) electrons. The van der Waals surface area contributed by atoms with Crippen LogP contribution in [0, 0.1) is 5.82 Å². The molecule has 0 unspecified atom stereocenters. The van der Waals surface area contributed by atoms with E-state index < -0.39 is 11.7 Å². The number of nitrogens with zero attached hydrogens (tertiary/aromatic N) is 1. The van der Waals surface area contributed by atoms with E-state index in [-0.39, 0.29) is 45.7 Å². The van der Waals surface area contributed by atoms with E-state index in [2.05, 4.69) is 0 Å². The van der Waals surface area contributed by atoms with Crippen molar-refractivity contribution in [2.45, 2.75) is 6.61 Å². The number of carbonyl (C=O) groups is 2. The molecule has 4 rings (SSSR count). The molecule has 0 bridgehead atoms. The smallest absolute Gasteiger partial charge is 0.293 e. The Balaban J connectivity index is 1.42. The van der Waals surface area contributed by atoms with Crippen LogP contribution in [0.4, 0.5) is 9.18 Å². The SMILES string of the molecule is O=C1S/C(=C\c2cc(Cl)c(OCc3ccccc3F)c(Cl)c2)C(=O)N1CCOc1ccccc1. The fourth-order valence-corrected chi connectivity index (χ4v) is 4.66. The third-order valence-corrected chi connectivity index (χ3v) is 6.32. The highest BCUT2D eigenvalue weighted by molar-refractivity contribution is 8.18. The van der Waals surface area contributed by atoms with Crippen molar-refractivity contribution < 1.29 is 23.5 Å². The quantitative estimate of drug-likeness (QED) is 0.306. The number of rotatable bonds is 8. The van der Waals surface area contributed by atoms with Crippen LogP contribution in [0.25, 0.3) is 6.08 Å². The van der Waals surface area contributed by atoms with E-state index in [0.29, 0.717) is 16.9 Å².